The van der Waals surface area contributed by atoms with Gasteiger partial charge in [0, 0.05) is 11.6 Å². The zero-order valence-corrected chi connectivity index (χ0v) is 11.8. The van der Waals surface area contributed by atoms with Crippen molar-refractivity contribution in [3.8, 4) is 5.75 Å². The van der Waals surface area contributed by atoms with Crippen LogP contribution in [0.2, 0.25) is 0 Å². The van der Waals surface area contributed by atoms with E-state index < -0.39 is 10.0 Å². The lowest BCUT2D eigenvalue weighted by atomic mass is 10.3. The Hall–Kier alpha value is -1.57. The van der Waals surface area contributed by atoms with Crippen molar-refractivity contribution in [1.29, 1.82) is 0 Å². The SMILES string of the molecule is COc1cccc(NS(=O)(=O)c2sccc2CO)c1. The topological polar surface area (TPSA) is 75.6 Å². The second-order valence-electron chi connectivity index (χ2n) is 3.73. The summed E-state index contributed by atoms with van der Waals surface area (Å²) in [4.78, 5) is 0. The van der Waals surface area contributed by atoms with Crippen molar-refractivity contribution >= 4 is 27.0 Å². The molecule has 0 fully saturated rings. The average Bonchev–Trinajstić information content (AvgIpc) is 2.87. The molecule has 5 nitrogen and oxygen atoms in total. The van der Waals surface area contributed by atoms with Gasteiger partial charge in [-0.2, -0.15) is 0 Å². The summed E-state index contributed by atoms with van der Waals surface area (Å²) in [6.45, 7) is -0.308. The van der Waals surface area contributed by atoms with E-state index in [-0.39, 0.29) is 10.8 Å². The van der Waals surface area contributed by atoms with Crippen LogP contribution in [0.1, 0.15) is 5.56 Å². The van der Waals surface area contributed by atoms with Crippen LogP contribution in [-0.4, -0.2) is 20.6 Å². The van der Waals surface area contributed by atoms with Gasteiger partial charge in [0.2, 0.25) is 0 Å². The van der Waals surface area contributed by atoms with Crippen LogP contribution in [0.5, 0.6) is 5.75 Å². The van der Waals surface area contributed by atoms with Crippen LogP contribution >= 0.6 is 11.3 Å². The van der Waals surface area contributed by atoms with E-state index in [1.807, 2.05) is 0 Å². The van der Waals surface area contributed by atoms with E-state index >= 15 is 0 Å². The number of thiophene rings is 1. The normalized spacial score (nSPS) is 11.3. The molecule has 0 radical (unpaired) electrons. The van der Waals surface area contributed by atoms with Gasteiger partial charge in [0.05, 0.1) is 19.4 Å². The molecule has 0 atom stereocenters. The van der Waals surface area contributed by atoms with Crippen molar-refractivity contribution in [1.82, 2.24) is 0 Å². The zero-order chi connectivity index (χ0) is 13.9. The summed E-state index contributed by atoms with van der Waals surface area (Å²) in [5.74, 6) is 0.564. The van der Waals surface area contributed by atoms with E-state index in [1.165, 1.54) is 7.11 Å². The minimum absolute atomic E-state index is 0.123. The first kappa shape index (κ1) is 13.9. The smallest absolute Gasteiger partial charge is 0.271 e. The lowest BCUT2D eigenvalue weighted by Gasteiger charge is -2.09. The quantitative estimate of drug-likeness (QED) is 0.886. The Morgan fingerprint density at radius 3 is 2.84 bits per heavy atom. The maximum absolute atomic E-state index is 12.2. The Kier molecular flexibility index (Phi) is 4.08. The van der Waals surface area contributed by atoms with E-state index in [4.69, 9.17) is 9.84 Å². The molecule has 0 aliphatic rings. The Morgan fingerprint density at radius 2 is 2.16 bits per heavy atom. The summed E-state index contributed by atoms with van der Waals surface area (Å²) in [5.41, 5.74) is 0.803. The van der Waals surface area contributed by atoms with Gasteiger partial charge in [-0.05, 0) is 23.6 Å². The molecule has 0 amide bonds. The van der Waals surface area contributed by atoms with Crippen LogP contribution in [0.25, 0.3) is 0 Å². The van der Waals surface area contributed by atoms with E-state index in [2.05, 4.69) is 4.72 Å². The van der Waals surface area contributed by atoms with Crippen molar-refractivity contribution in [3.05, 3.63) is 41.3 Å². The second-order valence-corrected chi connectivity index (χ2v) is 6.52. The first-order valence-electron chi connectivity index (χ1n) is 5.41. The number of aliphatic hydroxyl groups is 1. The van der Waals surface area contributed by atoms with Crippen molar-refractivity contribution < 1.29 is 18.3 Å². The van der Waals surface area contributed by atoms with Gasteiger partial charge in [0.15, 0.2) is 0 Å². The van der Waals surface area contributed by atoms with Gasteiger partial charge >= 0.3 is 0 Å². The molecule has 0 saturated carbocycles. The number of nitrogens with one attached hydrogen (secondary N) is 1. The highest BCUT2D eigenvalue weighted by molar-refractivity contribution is 7.94. The Bertz CT molecular complexity index is 664. The molecule has 2 aromatic rings. The minimum atomic E-state index is -3.68. The summed E-state index contributed by atoms with van der Waals surface area (Å²) in [6, 6.07) is 8.22. The van der Waals surface area contributed by atoms with Crippen molar-refractivity contribution in [2.75, 3.05) is 11.8 Å². The number of rotatable bonds is 5. The van der Waals surface area contributed by atoms with Crippen LogP contribution < -0.4 is 9.46 Å². The summed E-state index contributed by atoms with van der Waals surface area (Å²) in [7, 11) is -2.17. The number of hydrogen-bond donors (Lipinski definition) is 2. The molecule has 0 aliphatic heterocycles. The van der Waals surface area contributed by atoms with Gasteiger partial charge in [-0.25, -0.2) is 8.42 Å². The number of ether oxygens (including phenoxy) is 1. The first-order chi connectivity index (χ1) is 9.06. The van der Waals surface area contributed by atoms with Crippen LogP contribution in [0.4, 0.5) is 5.69 Å². The number of anilines is 1. The minimum Gasteiger partial charge on any atom is -0.497 e. The molecule has 102 valence electrons. The van der Waals surface area contributed by atoms with Gasteiger partial charge in [0.25, 0.3) is 10.0 Å². The number of aliphatic hydroxyl groups excluding tert-OH is 1. The van der Waals surface area contributed by atoms with E-state index in [0.717, 1.165) is 11.3 Å². The van der Waals surface area contributed by atoms with Gasteiger partial charge in [0.1, 0.15) is 9.96 Å². The molecule has 0 saturated heterocycles. The molecule has 1 aromatic carbocycles. The number of hydrogen-bond acceptors (Lipinski definition) is 5. The summed E-state index contributed by atoms with van der Waals surface area (Å²) >= 11 is 1.07. The lowest BCUT2D eigenvalue weighted by molar-refractivity contribution is 0.279. The molecule has 19 heavy (non-hydrogen) atoms. The molecule has 7 heteroatoms. The molecular weight excluding hydrogens is 286 g/mol. The number of methoxy groups -OCH3 is 1. The van der Waals surface area contributed by atoms with Gasteiger partial charge < -0.3 is 9.84 Å². The highest BCUT2D eigenvalue weighted by Crippen LogP contribution is 2.26. The maximum Gasteiger partial charge on any atom is 0.271 e. The summed E-state index contributed by atoms with van der Waals surface area (Å²) in [5, 5.41) is 10.7. The standard InChI is InChI=1S/C12H13NO4S2/c1-17-11-4-2-3-10(7-11)13-19(15,16)12-9(8-14)5-6-18-12/h2-7,13-14H,8H2,1H3. The summed E-state index contributed by atoms with van der Waals surface area (Å²) < 4.78 is 32.0. The maximum atomic E-state index is 12.2. The molecule has 0 bridgehead atoms. The van der Waals surface area contributed by atoms with Crippen molar-refractivity contribution in [3.63, 3.8) is 0 Å². The molecule has 0 unspecified atom stereocenters. The molecule has 0 spiro atoms. The molecule has 0 aliphatic carbocycles. The second kappa shape index (κ2) is 5.60. The third kappa shape index (κ3) is 3.06. The van der Waals surface area contributed by atoms with Gasteiger partial charge in [-0.1, -0.05) is 6.07 Å². The molecule has 1 aromatic heterocycles. The largest absolute Gasteiger partial charge is 0.497 e. The van der Waals surface area contributed by atoms with E-state index in [0.29, 0.717) is 17.0 Å². The van der Waals surface area contributed by atoms with Crippen LogP contribution in [-0.2, 0) is 16.6 Å². The fraction of sp³-hybridized carbons (Fsp3) is 0.167. The van der Waals surface area contributed by atoms with Crippen molar-refractivity contribution in [2.24, 2.45) is 0 Å². The van der Waals surface area contributed by atoms with Crippen molar-refractivity contribution in [2.45, 2.75) is 10.8 Å². The zero-order valence-electron chi connectivity index (χ0n) is 10.2. The predicted octanol–water partition coefficient (Wildman–Crippen LogP) is 2.05. The third-order valence-electron chi connectivity index (χ3n) is 2.44. The van der Waals surface area contributed by atoms with Crippen LogP contribution in [0.15, 0.2) is 39.9 Å². The Morgan fingerprint density at radius 1 is 1.37 bits per heavy atom. The monoisotopic (exact) mass is 299 g/mol. The number of sulfonamides is 1. The fourth-order valence-corrected chi connectivity index (χ4v) is 4.01. The van der Waals surface area contributed by atoms with Crippen LogP contribution in [0.3, 0.4) is 0 Å². The molecule has 2 N–H and O–H groups in total. The average molecular weight is 299 g/mol. The fourth-order valence-electron chi connectivity index (χ4n) is 1.56. The summed E-state index contributed by atoms with van der Waals surface area (Å²) in [6.07, 6.45) is 0. The molecular formula is C12H13NO4S2. The third-order valence-corrected chi connectivity index (χ3v) is 5.39. The van der Waals surface area contributed by atoms with Gasteiger partial charge in [-0.3, -0.25) is 4.72 Å². The Balaban J connectivity index is 2.31. The van der Waals surface area contributed by atoms with E-state index in [9.17, 15) is 8.42 Å². The number of benzene rings is 1. The van der Waals surface area contributed by atoms with Gasteiger partial charge in [-0.15, -0.1) is 11.3 Å². The Labute approximate surface area is 115 Å². The predicted molar refractivity (Wildman–Crippen MR) is 74.0 cm³/mol. The lowest BCUT2D eigenvalue weighted by Crippen LogP contribution is -2.13. The molecule has 2 rings (SSSR count). The first-order valence-corrected chi connectivity index (χ1v) is 7.77. The molecule has 1 heterocycles. The van der Waals surface area contributed by atoms with Crippen LogP contribution in [0, 0.1) is 0 Å². The highest BCUT2D eigenvalue weighted by atomic mass is 32.2. The highest BCUT2D eigenvalue weighted by Gasteiger charge is 2.20. The van der Waals surface area contributed by atoms with E-state index in [1.54, 1.807) is 35.7 Å².